The average molecular weight is 354 g/mol. The van der Waals surface area contributed by atoms with Gasteiger partial charge in [-0.25, -0.2) is 9.18 Å². The maximum atomic E-state index is 15.0. The van der Waals surface area contributed by atoms with Crippen LogP contribution in [0.1, 0.15) is 30.0 Å². The molecule has 0 atom stereocenters. The highest BCUT2D eigenvalue weighted by molar-refractivity contribution is 5.89. The van der Waals surface area contributed by atoms with Crippen molar-refractivity contribution < 1.29 is 4.39 Å². The third-order valence-corrected chi connectivity index (χ3v) is 4.96. The molecular weight excluding hydrogens is 335 g/mol. The second-order valence-corrected chi connectivity index (χ2v) is 6.72. The number of halogens is 1. The Morgan fingerprint density at radius 1 is 1.23 bits per heavy atom. The number of nitrogens with two attached hydrogens (primary N) is 2. The van der Waals surface area contributed by atoms with E-state index in [1.54, 1.807) is 13.0 Å². The first-order chi connectivity index (χ1) is 12.4. The van der Waals surface area contributed by atoms with Gasteiger partial charge in [-0.05, 0) is 48.6 Å². The maximum absolute atomic E-state index is 15.0. The third kappa shape index (κ3) is 2.35. The number of aryl methyl sites for hydroxylation is 1. The highest BCUT2D eigenvalue weighted by atomic mass is 19.1. The molecule has 4 N–H and O–H groups in total. The van der Waals surface area contributed by atoms with Gasteiger partial charge in [-0.2, -0.15) is 4.68 Å². The summed E-state index contributed by atoms with van der Waals surface area (Å²) in [5.41, 5.74) is 7.35. The van der Waals surface area contributed by atoms with Crippen molar-refractivity contribution in [1.82, 2.24) is 9.24 Å². The Kier molecular flexibility index (Phi) is 3.69. The minimum absolute atomic E-state index is 0.00668. The van der Waals surface area contributed by atoms with E-state index in [0.717, 1.165) is 18.4 Å². The van der Waals surface area contributed by atoms with Gasteiger partial charge in [0.2, 0.25) is 0 Å². The Hall–Kier alpha value is -2.93. The lowest BCUT2D eigenvalue weighted by atomic mass is 9.96. The van der Waals surface area contributed by atoms with E-state index in [0.29, 0.717) is 33.4 Å². The van der Waals surface area contributed by atoms with Crippen molar-refractivity contribution in [2.75, 3.05) is 5.84 Å². The van der Waals surface area contributed by atoms with Crippen molar-refractivity contribution in [1.29, 1.82) is 0 Å². The zero-order chi connectivity index (χ0) is 18.6. The van der Waals surface area contributed by atoms with Crippen molar-refractivity contribution in [3.63, 3.8) is 0 Å². The summed E-state index contributed by atoms with van der Waals surface area (Å²) in [4.78, 5) is 25.0. The van der Waals surface area contributed by atoms with Gasteiger partial charge in [-0.3, -0.25) is 9.36 Å². The number of hydrogen-bond donors (Lipinski definition) is 2. The second kappa shape index (κ2) is 5.81. The molecule has 2 aromatic carbocycles. The highest BCUT2D eigenvalue weighted by Gasteiger charge is 2.30. The summed E-state index contributed by atoms with van der Waals surface area (Å²) < 4.78 is 17.0. The first-order valence-electron chi connectivity index (χ1n) is 8.49. The van der Waals surface area contributed by atoms with Gasteiger partial charge in [-0.1, -0.05) is 18.2 Å². The van der Waals surface area contributed by atoms with Crippen LogP contribution >= 0.6 is 0 Å². The fourth-order valence-corrected chi connectivity index (χ4v) is 3.55. The fourth-order valence-electron chi connectivity index (χ4n) is 3.55. The standard InChI is InChI=1S/C19H19FN4O2/c1-10-16(12-4-2-3-11(7-12)9-21)15(20)8-14-17(10)23(13-5-6-13)19(26)24(22)18(14)25/h2-4,7-8,13H,5-6,9,21-22H2,1H3. The van der Waals surface area contributed by atoms with Crippen molar-refractivity contribution in [2.45, 2.75) is 32.4 Å². The van der Waals surface area contributed by atoms with Crippen molar-refractivity contribution in [3.05, 3.63) is 68.1 Å². The fraction of sp³-hybridized carbons (Fsp3) is 0.263. The van der Waals surface area contributed by atoms with E-state index in [-0.39, 0.29) is 11.4 Å². The molecule has 0 aliphatic heterocycles. The van der Waals surface area contributed by atoms with Gasteiger partial charge in [0.15, 0.2) is 0 Å². The molecule has 1 heterocycles. The SMILES string of the molecule is Cc1c(-c2cccc(CN)c2)c(F)cc2c(=O)n(N)c(=O)n(C3CC3)c12. The van der Waals surface area contributed by atoms with Gasteiger partial charge < -0.3 is 11.6 Å². The van der Waals surface area contributed by atoms with Crippen LogP contribution in [0.3, 0.4) is 0 Å². The van der Waals surface area contributed by atoms with Crippen LogP contribution in [0.4, 0.5) is 4.39 Å². The smallest absolute Gasteiger partial charge is 0.332 e. The molecule has 26 heavy (non-hydrogen) atoms. The molecule has 0 radical (unpaired) electrons. The molecule has 134 valence electrons. The molecule has 1 aliphatic rings. The summed E-state index contributed by atoms with van der Waals surface area (Å²) in [5.74, 6) is 5.11. The molecular formula is C19H19FN4O2. The highest BCUT2D eigenvalue weighted by Crippen LogP contribution is 2.38. The number of nitrogen functional groups attached to an aromatic ring is 1. The molecule has 0 bridgehead atoms. The molecule has 3 aromatic rings. The zero-order valence-electron chi connectivity index (χ0n) is 14.3. The maximum Gasteiger partial charge on any atom is 0.350 e. The molecule has 6 nitrogen and oxygen atoms in total. The largest absolute Gasteiger partial charge is 0.350 e. The predicted octanol–water partition coefficient (Wildman–Crippen LogP) is 1.79. The van der Waals surface area contributed by atoms with E-state index >= 15 is 0 Å². The van der Waals surface area contributed by atoms with E-state index in [1.807, 2.05) is 18.2 Å². The van der Waals surface area contributed by atoms with E-state index in [2.05, 4.69) is 0 Å². The molecule has 0 unspecified atom stereocenters. The van der Waals surface area contributed by atoms with Crippen LogP contribution in [0.5, 0.6) is 0 Å². The van der Waals surface area contributed by atoms with Gasteiger partial charge in [0.25, 0.3) is 5.56 Å². The van der Waals surface area contributed by atoms with Crippen molar-refractivity contribution >= 4 is 10.9 Å². The Balaban J connectivity index is 2.14. The van der Waals surface area contributed by atoms with E-state index < -0.39 is 17.1 Å². The molecule has 1 saturated carbocycles. The van der Waals surface area contributed by atoms with Crippen LogP contribution in [0, 0.1) is 12.7 Å². The Labute approximate surface area is 148 Å². The van der Waals surface area contributed by atoms with Crippen LogP contribution in [0.15, 0.2) is 39.9 Å². The van der Waals surface area contributed by atoms with Gasteiger partial charge >= 0.3 is 5.69 Å². The lowest BCUT2D eigenvalue weighted by Gasteiger charge is -2.17. The van der Waals surface area contributed by atoms with Crippen LogP contribution < -0.4 is 22.8 Å². The Morgan fingerprint density at radius 2 is 1.96 bits per heavy atom. The van der Waals surface area contributed by atoms with E-state index in [1.165, 1.54) is 10.6 Å². The molecule has 4 rings (SSSR count). The summed E-state index contributed by atoms with van der Waals surface area (Å²) >= 11 is 0. The van der Waals surface area contributed by atoms with Crippen molar-refractivity contribution in [3.8, 4) is 11.1 Å². The van der Waals surface area contributed by atoms with Gasteiger partial charge in [-0.15, -0.1) is 0 Å². The molecule has 7 heteroatoms. The molecule has 1 fully saturated rings. The summed E-state index contributed by atoms with van der Waals surface area (Å²) in [6, 6.07) is 8.46. The summed E-state index contributed by atoms with van der Waals surface area (Å²) in [6.45, 7) is 2.07. The van der Waals surface area contributed by atoms with Gasteiger partial charge in [0, 0.05) is 18.2 Å². The number of rotatable bonds is 3. The quantitative estimate of drug-likeness (QED) is 0.701. The predicted molar refractivity (Wildman–Crippen MR) is 98.9 cm³/mol. The topological polar surface area (TPSA) is 96.0 Å². The Bertz CT molecular complexity index is 1160. The minimum Gasteiger partial charge on any atom is -0.332 e. The van der Waals surface area contributed by atoms with E-state index in [9.17, 15) is 14.0 Å². The van der Waals surface area contributed by atoms with Crippen LogP contribution in [-0.4, -0.2) is 9.24 Å². The number of fused-ring (bicyclic) bond motifs is 1. The van der Waals surface area contributed by atoms with Crippen LogP contribution in [0.25, 0.3) is 22.0 Å². The molecule has 0 saturated heterocycles. The lowest BCUT2D eigenvalue weighted by molar-refractivity contribution is 0.627. The van der Waals surface area contributed by atoms with Crippen molar-refractivity contribution in [2.24, 2.45) is 5.73 Å². The monoisotopic (exact) mass is 354 g/mol. The molecule has 1 aliphatic carbocycles. The average Bonchev–Trinajstić information content (AvgIpc) is 3.46. The number of nitrogens with zero attached hydrogens (tertiary/aromatic N) is 2. The zero-order valence-corrected chi connectivity index (χ0v) is 14.3. The molecule has 0 spiro atoms. The first-order valence-corrected chi connectivity index (χ1v) is 8.49. The molecule has 0 amide bonds. The number of aromatic nitrogens is 2. The summed E-state index contributed by atoms with van der Waals surface area (Å²) in [5, 5.41) is 0.118. The second-order valence-electron chi connectivity index (χ2n) is 6.72. The number of benzene rings is 2. The number of hydrogen-bond acceptors (Lipinski definition) is 4. The van der Waals surface area contributed by atoms with Crippen LogP contribution in [0.2, 0.25) is 0 Å². The summed E-state index contributed by atoms with van der Waals surface area (Å²) in [6.07, 6.45) is 1.67. The van der Waals surface area contributed by atoms with Gasteiger partial charge in [0.1, 0.15) is 5.82 Å². The Morgan fingerprint density at radius 3 is 2.62 bits per heavy atom. The van der Waals surface area contributed by atoms with Gasteiger partial charge in [0.05, 0.1) is 10.9 Å². The lowest BCUT2D eigenvalue weighted by Crippen LogP contribution is -2.44. The third-order valence-electron chi connectivity index (χ3n) is 4.96. The van der Waals surface area contributed by atoms with Crippen LogP contribution in [-0.2, 0) is 6.54 Å². The van der Waals surface area contributed by atoms with E-state index in [4.69, 9.17) is 11.6 Å². The molecule has 1 aromatic heterocycles. The minimum atomic E-state index is -0.689. The first kappa shape index (κ1) is 16.5. The summed E-state index contributed by atoms with van der Waals surface area (Å²) in [7, 11) is 0. The normalized spacial score (nSPS) is 14.1.